The minimum Gasteiger partial charge on any atom is -0.348 e. The molecule has 4 aromatic rings. The summed E-state index contributed by atoms with van der Waals surface area (Å²) in [5.74, 6) is 0.203. The molecule has 10 heteroatoms. The third kappa shape index (κ3) is 3.97. The molecule has 0 saturated carbocycles. The number of carbonyl (C=O) groups excluding carboxylic acids is 2. The maximum absolute atomic E-state index is 12.6. The summed E-state index contributed by atoms with van der Waals surface area (Å²) >= 11 is 0. The van der Waals surface area contributed by atoms with Gasteiger partial charge in [-0.15, -0.1) is 0 Å². The van der Waals surface area contributed by atoms with Crippen molar-refractivity contribution in [2.24, 2.45) is 0 Å². The molecule has 4 N–H and O–H groups in total. The zero-order chi connectivity index (χ0) is 22.8. The maximum atomic E-state index is 12.6. The quantitative estimate of drug-likeness (QED) is 0.361. The van der Waals surface area contributed by atoms with E-state index in [9.17, 15) is 14.4 Å². The van der Waals surface area contributed by atoms with Gasteiger partial charge in [0.25, 0.3) is 11.5 Å². The van der Waals surface area contributed by atoms with E-state index in [2.05, 4.69) is 36.2 Å². The SMILES string of the molecule is O=C(NNC(=O)c1n[nH]c(=O)c2ccccc12)Nc1cccc2c1CN(c1ccccn1)C2. The fourth-order valence-corrected chi connectivity index (χ4v) is 3.86. The molecule has 3 amide bonds. The lowest BCUT2D eigenvalue weighted by molar-refractivity contribution is 0.0933. The molecule has 0 unspecified atom stereocenters. The van der Waals surface area contributed by atoms with Gasteiger partial charge in [0, 0.05) is 35.9 Å². The third-order valence-electron chi connectivity index (χ3n) is 5.41. The standard InChI is InChI=1S/C23H19N7O3/c31-21-16-8-2-1-7-15(16)20(26-27-21)22(32)28-29-23(33)25-18-9-5-6-14-12-30(13-17(14)18)19-10-3-4-11-24-19/h1-11H,12-13H2,(H,27,31)(H,28,32)(H2,25,29,33). The summed E-state index contributed by atoms with van der Waals surface area (Å²) in [6.07, 6.45) is 1.74. The minimum absolute atomic E-state index is 0.00268. The van der Waals surface area contributed by atoms with Gasteiger partial charge in [0.2, 0.25) is 0 Å². The Bertz CT molecular complexity index is 1420. The Balaban J connectivity index is 1.26. The lowest BCUT2D eigenvalue weighted by Crippen LogP contribution is -2.44. The number of benzene rings is 2. The van der Waals surface area contributed by atoms with Crippen molar-refractivity contribution in [3.8, 4) is 0 Å². The number of carbonyl (C=O) groups is 2. The molecule has 3 heterocycles. The highest BCUT2D eigenvalue weighted by Gasteiger charge is 2.23. The Morgan fingerprint density at radius 3 is 2.55 bits per heavy atom. The van der Waals surface area contributed by atoms with E-state index in [0.717, 1.165) is 16.9 Å². The van der Waals surface area contributed by atoms with Crippen LogP contribution in [0, 0.1) is 0 Å². The number of hydrogen-bond acceptors (Lipinski definition) is 6. The summed E-state index contributed by atoms with van der Waals surface area (Å²) in [4.78, 5) is 43.4. The number of aromatic amines is 1. The number of hydrogen-bond donors (Lipinski definition) is 4. The Hall–Kier alpha value is -4.73. The molecule has 0 radical (unpaired) electrons. The van der Waals surface area contributed by atoms with E-state index in [0.29, 0.717) is 29.5 Å². The van der Waals surface area contributed by atoms with E-state index in [1.54, 1.807) is 36.5 Å². The monoisotopic (exact) mass is 441 g/mol. The van der Waals surface area contributed by atoms with Crippen molar-refractivity contribution in [2.45, 2.75) is 13.1 Å². The number of aromatic nitrogens is 3. The second kappa shape index (κ2) is 8.42. The number of rotatable bonds is 3. The molecular weight excluding hydrogens is 422 g/mol. The van der Waals surface area contributed by atoms with Crippen LogP contribution in [0.5, 0.6) is 0 Å². The summed E-state index contributed by atoms with van der Waals surface area (Å²) in [5.41, 5.74) is 6.98. The zero-order valence-electron chi connectivity index (χ0n) is 17.3. The van der Waals surface area contributed by atoms with Crippen molar-refractivity contribution < 1.29 is 9.59 Å². The fourth-order valence-electron chi connectivity index (χ4n) is 3.86. The molecule has 0 aliphatic carbocycles. The molecule has 0 spiro atoms. The predicted molar refractivity (Wildman–Crippen MR) is 123 cm³/mol. The van der Waals surface area contributed by atoms with Gasteiger partial charge in [-0.1, -0.05) is 36.4 Å². The average molecular weight is 441 g/mol. The van der Waals surface area contributed by atoms with Crippen molar-refractivity contribution in [1.29, 1.82) is 0 Å². The van der Waals surface area contributed by atoms with Gasteiger partial charge in [-0.3, -0.25) is 15.0 Å². The molecule has 0 atom stereocenters. The first-order valence-corrected chi connectivity index (χ1v) is 10.2. The largest absolute Gasteiger partial charge is 0.348 e. The third-order valence-corrected chi connectivity index (χ3v) is 5.41. The number of fused-ring (bicyclic) bond motifs is 2. The summed E-state index contributed by atoms with van der Waals surface area (Å²) in [6, 6.07) is 17.4. The number of nitrogens with one attached hydrogen (secondary N) is 4. The van der Waals surface area contributed by atoms with Gasteiger partial charge in [-0.2, -0.15) is 5.10 Å². The molecule has 2 aromatic heterocycles. The number of amides is 3. The second-order valence-corrected chi connectivity index (χ2v) is 7.47. The highest BCUT2D eigenvalue weighted by atomic mass is 16.2. The van der Waals surface area contributed by atoms with Gasteiger partial charge in [0.15, 0.2) is 5.69 Å². The normalized spacial score (nSPS) is 12.3. The van der Waals surface area contributed by atoms with Crippen molar-refractivity contribution in [1.82, 2.24) is 26.0 Å². The lowest BCUT2D eigenvalue weighted by atomic mass is 10.1. The molecule has 1 aliphatic heterocycles. The smallest absolute Gasteiger partial charge is 0.337 e. The Labute approximate surface area is 187 Å². The number of pyridine rings is 1. The molecule has 2 aromatic carbocycles. The van der Waals surface area contributed by atoms with Crippen LogP contribution in [-0.4, -0.2) is 27.1 Å². The molecule has 1 aliphatic rings. The van der Waals surface area contributed by atoms with Gasteiger partial charge in [0.05, 0.1) is 5.39 Å². The first-order chi connectivity index (χ1) is 16.1. The first kappa shape index (κ1) is 20.2. The molecule has 10 nitrogen and oxygen atoms in total. The lowest BCUT2D eigenvalue weighted by Gasteiger charge is -2.16. The van der Waals surface area contributed by atoms with Crippen LogP contribution >= 0.6 is 0 Å². The highest BCUT2D eigenvalue weighted by Crippen LogP contribution is 2.31. The van der Waals surface area contributed by atoms with E-state index < -0.39 is 17.5 Å². The molecule has 164 valence electrons. The van der Waals surface area contributed by atoms with Crippen LogP contribution in [-0.2, 0) is 13.1 Å². The molecule has 5 rings (SSSR count). The van der Waals surface area contributed by atoms with E-state index in [1.165, 1.54) is 0 Å². The van der Waals surface area contributed by atoms with Crippen LogP contribution < -0.4 is 26.6 Å². The van der Waals surface area contributed by atoms with Crippen LogP contribution in [0.15, 0.2) is 71.7 Å². The summed E-state index contributed by atoms with van der Waals surface area (Å²) in [5, 5.41) is 9.61. The van der Waals surface area contributed by atoms with E-state index in [4.69, 9.17) is 0 Å². The van der Waals surface area contributed by atoms with Crippen molar-refractivity contribution in [3.63, 3.8) is 0 Å². The Morgan fingerprint density at radius 2 is 1.73 bits per heavy atom. The zero-order valence-corrected chi connectivity index (χ0v) is 17.3. The average Bonchev–Trinajstić information content (AvgIpc) is 3.29. The summed E-state index contributed by atoms with van der Waals surface area (Å²) in [6.45, 7) is 1.29. The van der Waals surface area contributed by atoms with Gasteiger partial charge >= 0.3 is 6.03 Å². The van der Waals surface area contributed by atoms with E-state index in [-0.39, 0.29) is 5.69 Å². The van der Waals surface area contributed by atoms with Crippen molar-refractivity contribution >= 4 is 34.2 Å². The van der Waals surface area contributed by atoms with Gasteiger partial charge in [-0.05, 0) is 29.8 Å². The predicted octanol–water partition coefficient (Wildman–Crippen LogP) is 2.30. The Morgan fingerprint density at radius 1 is 0.909 bits per heavy atom. The molecule has 33 heavy (non-hydrogen) atoms. The van der Waals surface area contributed by atoms with Crippen LogP contribution in [0.1, 0.15) is 21.6 Å². The van der Waals surface area contributed by atoms with Crippen LogP contribution in [0.4, 0.5) is 16.3 Å². The van der Waals surface area contributed by atoms with Crippen LogP contribution in [0.2, 0.25) is 0 Å². The highest BCUT2D eigenvalue weighted by molar-refractivity contribution is 6.05. The van der Waals surface area contributed by atoms with E-state index in [1.807, 2.05) is 30.3 Å². The molecule has 0 saturated heterocycles. The summed E-state index contributed by atoms with van der Waals surface area (Å²) < 4.78 is 0. The van der Waals surface area contributed by atoms with Gasteiger partial charge in [0.1, 0.15) is 5.82 Å². The number of urea groups is 1. The van der Waals surface area contributed by atoms with Crippen LogP contribution in [0.25, 0.3) is 10.8 Å². The van der Waals surface area contributed by atoms with Crippen LogP contribution in [0.3, 0.4) is 0 Å². The minimum atomic E-state index is -0.655. The first-order valence-electron chi connectivity index (χ1n) is 10.2. The molecule has 0 bridgehead atoms. The number of anilines is 2. The van der Waals surface area contributed by atoms with E-state index >= 15 is 0 Å². The maximum Gasteiger partial charge on any atom is 0.337 e. The number of H-pyrrole nitrogens is 1. The molecular formula is C23H19N7O3. The van der Waals surface area contributed by atoms with Crippen molar-refractivity contribution in [3.05, 3.63) is 94.0 Å². The fraction of sp³-hybridized carbons (Fsp3) is 0.0870. The molecule has 0 fully saturated rings. The number of hydrazine groups is 1. The summed E-state index contributed by atoms with van der Waals surface area (Å²) in [7, 11) is 0. The van der Waals surface area contributed by atoms with Crippen molar-refractivity contribution in [2.75, 3.05) is 10.2 Å². The number of nitrogens with zero attached hydrogens (tertiary/aromatic N) is 3. The Kier molecular flexibility index (Phi) is 5.15. The van der Waals surface area contributed by atoms with Gasteiger partial charge < -0.3 is 10.2 Å². The second-order valence-electron chi connectivity index (χ2n) is 7.47. The topological polar surface area (TPSA) is 132 Å². The van der Waals surface area contributed by atoms with Gasteiger partial charge in [-0.25, -0.2) is 20.3 Å².